The second-order valence-electron chi connectivity index (χ2n) is 5.34. The molecule has 0 unspecified atom stereocenters. The molecule has 0 saturated heterocycles. The molecule has 0 aromatic heterocycles. The van der Waals surface area contributed by atoms with Crippen LogP contribution in [-0.4, -0.2) is 6.61 Å². The van der Waals surface area contributed by atoms with Gasteiger partial charge in [-0.25, -0.2) is 0 Å². The van der Waals surface area contributed by atoms with Crippen molar-refractivity contribution in [2.24, 2.45) is 0 Å². The Morgan fingerprint density at radius 2 is 1.35 bits per heavy atom. The number of hydrogen-bond donors (Lipinski definition) is 0. The first-order valence-corrected chi connectivity index (χ1v) is 8.14. The van der Waals surface area contributed by atoms with E-state index in [9.17, 15) is 0 Å². The van der Waals surface area contributed by atoms with Gasteiger partial charge in [0.1, 0.15) is 0 Å². The van der Waals surface area contributed by atoms with E-state index in [1.54, 1.807) is 0 Å². The molecule has 0 aliphatic rings. The van der Waals surface area contributed by atoms with Crippen LogP contribution in [0.4, 0.5) is 0 Å². The zero-order chi connectivity index (χ0) is 18.7. The van der Waals surface area contributed by atoms with Gasteiger partial charge in [0.05, 0.1) is 13.5 Å². The molecule has 0 bridgehead atoms. The van der Waals surface area contributed by atoms with E-state index in [1.165, 1.54) is 51.4 Å². The van der Waals surface area contributed by atoms with Crippen molar-refractivity contribution in [3.05, 3.63) is 35.8 Å². The van der Waals surface area contributed by atoms with Crippen molar-refractivity contribution in [3.8, 4) is 0 Å². The summed E-state index contributed by atoms with van der Waals surface area (Å²) in [6.45, 7) is 2.88. The quantitative estimate of drug-likeness (QED) is 0.395. The maximum absolute atomic E-state index is 7.84. The van der Waals surface area contributed by atoms with Gasteiger partial charge >= 0.3 is 0 Å². The van der Waals surface area contributed by atoms with E-state index in [1.807, 2.05) is 0 Å². The van der Waals surface area contributed by atoms with Crippen molar-refractivity contribution in [1.29, 1.82) is 0 Å². The minimum absolute atomic E-state index is 0.0765. The van der Waals surface area contributed by atoms with Crippen LogP contribution in [0.1, 0.15) is 83.5 Å². The largest absolute Gasteiger partial charge is 0.377 e. The molecule has 1 heteroatoms. The number of ether oxygens (including phenoxy) is 1. The summed E-state index contributed by atoms with van der Waals surface area (Å²) in [6, 6.07) is -1.26. The third-order valence-electron chi connectivity index (χ3n) is 3.44. The Hall–Kier alpha value is -0.820. The molecule has 0 atom stereocenters. The third-order valence-corrected chi connectivity index (χ3v) is 3.44. The van der Waals surface area contributed by atoms with E-state index in [4.69, 9.17) is 11.6 Å². The van der Waals surface area contributed by atoms with E-state index >= 15 is 0 Å². The minimum atomic E-state index is -0.353. The first kappa shape index (κ1) is 10.8. The Balaban J connectivity index is 2.15. The van der Waals surface area contributed by atoms with Crippen LogP contribution >= 0.6 is 0 Å². The van der Waals surface area contributed by atoms with Gasteiger partial charge in [0.2, 0.25) is 0 Å². The van der Waals surface area contributed by atoms with Crippen LogP contribution in [0.3, 0.4) is 0 Å². The van der Waals surface area contributed by atoms with Gasteiger partial charge < -0.3 is 4.74 Å². The molecule has 1 nitrogen and oxygen atoms in total. The average Bonchev–Trinajstić information content (AvgIpc) is 2.61. The number of unbranched alkanes of at least 4 members (excludes halogenated alkanes) is 9. The molecule has 0 aliphatic carbocycles. The lowest BCUT2D eigenvalue weighted by Gasteiger charge is -2.04. The Morgan fingerprint density at radius 3 is 1.95 bits per heavy atom. The van der Waals surface area contributed by atoms with Gasteiger partial charge in [-0.2, -0.15) is 0 Å². The summed E-state index contributed by atoms with van der Waals surface area (Å²) in [7, 11) is 0. The molecule has 0 heterocycles. The molecular formula is C19H32O. The highest BCUT2D eigenvalue weighted by atomic mass is 16.5. The Kier molecular flexibility index (Phi) is 7.14. The highest BCUT2D eigenvalue weighted by Gasteiger charge is 1.94. The van der Waals surface area contributed by atoms with Crippen molar-refractivity contribution < 1.29 is 11.6 Å². The Labute approximate surface area is 132 Å². The van der Waals surface area contributed by atoms with Crippen molar-refractivity contribution in [1.82, 2.24) is 0 Å². The average molecular weight is 281 g/mol. The summed E-state index contributed by atoms with van der Waals surface area (Å²) >= 11 is 0. The fraction of sp³-hybridized carbons (Fsp3) is 0.684. The molecule has 20 heavy (non-hydrogen) atoms. The summed E-state index contributed by atoms with van der Waals surface area (Å²) in [4.78, 5) is 0. The van der Waals surface area contributed by atoms with Crippen LogP contribution in [0.5, 0.6) is 0 Å². The monoisotopic (exact) mass is 281 g/mol. The maximum Gasteiger partial charge on any atom is 0.0716 e. The maximum atomic E-state index is 7.84. The predicted octanol–water partition coefficient (Wildman–Crippen LogP) is 6.12. The van der Waals surface area contributed by atoms with Crippen molar-refractivity contribution >= 4 is 0 Å². The van der Waals surface area contributed by atoms with Crippen molar-refractivity contribution in [2.45, 2.75) is 77.7 Å². The van der Waals surface area contributed by atoms with Crippen LogP contribution in [0.2, 0.25) is 0 Å². The zero-order valence-electron chi connectivity index (χ0n) is 17.9. The number of hydrogen-bond acceptors (Lipinski definition) is 1. The third kappa shape index (κ3) is 10.0. The number of rotatable bonds is 13. The molecule has 0 radical (unpaired) electrons. The fourth-order valence-electron chi connectivity index (χ4n) is 2.21. The summed E-state index contributed by atoms with van der Waals surface area (Å²) in [5.41, 5.74) is 0.248. The van der Waals surface area contributed by atoms with Crippen LogP contribution in [0, 0.1) is 0 Å². The van der Waals surface area contributed by atoms with Gasteiger partial charge in [0.25, 0.3) is 0 Å². The number of benzene rings is 1. The van der Waals surface area contributed by atoms with Gasteiger partial charge in [0.15, 0.2) is 0 Å². The summed E-state index contributed by atoms with van der Waals surface area (Å²) in [6.07, 6.45) is 12.6. The SMILES string of the molecule is [2H]c1c([2H])c([2H])c(COCCCCCCCCCCCC)c([2H])c1[2H]. The van der Waals surface area contributed by atoms with Gasteiger partial charge in [-0.1, -0.05) is 94.9 Å². The lowest BCUT2D eigenvalue weighted by molar-refractivity contribution is 0.116. The highest BCUT2D eigenvalue weighted by molar-refractivity contribution is 5.13. The van der Waals surface area contributed by atoms with Crippen molar-refractivity contribution in [3.63, 3.8) is 0 Å². The molecule has 114 valence electrons. The molecular weight excluding hydrogens is 244 g/mol. The van der Waals surface area contributed by atoms with E-state index in [2.05, 4.69) is 6.92 Å². The van der Waals surface area contributed by atoms with Crippen LogP contribution in [0.25, 0.3) is 0 Å². The van der Waals surface area contributed by atoms with Gasteiger partial charge in [-0.15, -0.1) is 0 Å². The molecule has 0 fully saturated rings. The summed E-state index contributed by atoms with van der Waals surface area (Å²) in [5.74, 6) is 0. The smallest absolute Gasteiger partial charge is 0.0716 e. The highest BCUT2D eigenvalue weighted by Crippen LogP contribution is 2.10. The molecule has 0 N–H and O–H groups in total. The molecule has 0 amide bonds. The molecule has 1 rings (SSSR count). The van der Waals surface area contributed by atoms with E-state index < -0.39 is 0 Å². The van der Waals surface area contributed by atoms with E-state index in [0.29, 0.717) is 6.61 Å². The standard InChI is InChI=1S/C19H32O/c1-2-3-4-5-6-7-8-9-10-14-17-20-18-19-15-12-11-13-16-19/h11-13,15-16H,2-10,14,17-18H2,1H3/i11D,12D,13D,15D,16D. The van der Waals surface area contributed by atoms with Gasteiger partial charge in [0, 0.05) is 6.61 Å². The van der Waals surface area contributed by atoms with E-state index in [-0.39, 0.29) is 42.4 Å². The molecule has 1 aromatic carbocycles. The van der Waals surface area contributed by atoms with Crippen molar-refractivity contribution in [2.75, 3.05) is 6.61 Å². The molecule has 0 aliphatic heterocycles. The van der Waals surface area contributed by atoms with Gasteiger partial charge in [-0.3, -0.25) is 0 Å². The summed E-state index contributed by atoms with van der Waals surface area (Å²) < 4.78 is 44.0. The lowest BCUT2D eigenvalue weighted by atomic mass is 10.1. The first-order valence-electron chi connectivity index (χ1n) is 10.6. The normalized spacial score (nSPS) is 14.3. The van der Waals surface area contributed by atoms with E-state index in [0.717, 1.165) is 12.8 Å². The fourth-order valence-corrected chi connectivity index (χ4v) is 2.21. The second-order valence-corrected chi connectivity index (χ2v) is 5.34. The predicted molar refractivity (Wildman–Crippen MR) is 87.9 cm³/mol. The molecule has 1 aromatic rings. The Morgan fingerprint density at radius 1 is 0.800 bits per heavy atom. The minimum Gasteiger partial charge on any atom is -0.377 e. The topological polar surface area (TPSA) is 9.23 Å². The van der Waals surface area contributed by atoms with Gasteiger partial charge in [-0.05, 0) is 12.0 Å². The second kappa shape index (κ2) is 13.2. The molecule has 0 spiro atoms. The van der Waals surface area contributed by atoms with Crippen LogP contribution < -0.4 is 0 Å². The Bertz CT molecular complexity index is 490. The zero-order valence-corrected chi connectivity index (χ0v) is 12.9. The van der Waals surface area contributed by atoms with Crippen LogP contribution in [0.15, 0.2) is 30.2 Å². The lowest BCUT2D eigenvalue weighted by Crippen LogP contribution is -1.95. The first-order chi connectivity index (χ1) is 12.0. The summed E-state index contributed by atoms with van der Waals surface area (Å²) in [5, 5.41) is 0. The molecule has 0 saturated carbocycles. The van der Waals surface area contributed by atoms with Crippen LogP contribution in [-0.2, 0) is 11.3 Å².